The Labute approximate surface area is 120 Å². The fourth-order valence-electron chi connectivity index (χ4n) is 1.69. The van der Waals surface area contributed by atoms with Gasteiger partial charge in [-0.2, -0.15) is 13.2 Å². The number of fused-ring (bicyclic) bond motifs is 1. The molecule has 0 saturated heterocycles. The SMILES string of the molecule is O=[N+]([O-])c1c(NCCOCC(F)(F)F)ccc2scnc12. The van der Waals surface area contributed by atoms with Gasteiger partial charge < -0.3 is 10.1 Å². The number of nitro benzene ring substituents is 1. The molecule has 0 radical (unpaired) electrons. The van der Waals surface area contributed by atoms with Gasteiger partial charge in [0, 0.05) is 6.54 Å². The molecular formula is C11H10F3N3O3S. The van der Waals surface area contributed by atoms with Crippen LogP contribution < -0.4 is 5.32 Å². The van der Waals surface area contributed by atoms with Crippen LogP contribution in [0.15, 0.2) is 17.6 Å². The molecule has 0 spiro atoms. The lowest BCUT2D eigenvalue weighted by Gasteiger charge is -2.09. The topological polar surface area (TPSA) is 77.3 Å². The summed E-state index contributed by atoms with van der Waals surface area (Å²) in [5, 5.41) is 13.8. The Bertz CT molecular complexity index is 644. The Balaban J connectivity index is 2.01. The van der Waals surface area contributed by atoms with Gasteiger partial charge in [0.1, 0.15) is 12.3 Å². The van der Waals surface area contributed by atoms with E-state index in [0.29, 0.717) is 4.70 Å². The van der Waals surface area contributed by atoms with Crippen molar-refractivity contribution < 1.29 is 22.8 Å². The molecule has 21 heavy (non-hydrogen) atoms. The molecule has 10 heteroatoms. The molecule has 1 heterocycles. The molecule has 6 nitrogen and oxygen atoms in total. The van der Waals surface area contributed by atoms with Gasteiger partial charge in [-0.15, -0.1) is 11.3 Å². The Kier molecular flexibility index (Phi) is 4.58. The first-order valence-electron chi connectivity index (χ1n) is 5.77. The minimum Gasteiger partial charge on any atom is -0.377 e. The van der Waals surface area contributed by atoms with E-state index in [4.69, 9.17) is 0 Å². The first-order chi connectivity index (χ1) is 9.88. The van der Waals surface area contributed by atoms with Gasteiger partial charge >= 0.3 is 11.9 Å². The van der Waals surface area contributed by atoms with E-state index in [1.54, 1.807) is 6.07 Å². The maximum Gasteiger partial charge on any atom is 0.411 e. The third kappa shape index (κ3) is 4.02. The minimum absolute atomic E-state index is 0.0204. The Morgan fingerprint density at radius 2 is 2.19 bits per heavy atom. The van der Waals surface area contributed by atoms with E-state index in [0.717, 1.165) is 0 Å². The van der Waals surface area contributed by atoms with Crippen LogP contribution in [0.4, 0.5) is 24.5 Å². The molecular weight excluding hydrogens is 311 g/mol. The second kappa shape index (κ2) is 6.22. The zero-order chi connectivity index (χ0) is 15.5. The van der Waals surface area contributed by atoms with Gasteiger partial charge in [0.15, 0.2) is 5.52 Å². The fraction of sp³-hybridized carbons (Fsp3) is 0.364. The fourth-order valence-corrected chi connectivity index (χ4v) is 2.37. The number of hydrogen-bond donors (Lipinski definition) is 1. The molecule has 0 aliphatic heterocycles. The number of halogens is 3. The third-order valence-electron chi connectivity index (χ3n) is 2.49. The van der Waals surface area contributed by atoms with Crippen LogP contribution in [0.3, 0.4) is 0 Å². The molecule has 0 saturated carbocycles. The van der Waals surface area contributed by atoms with Gasteiger partial charge in [0.2, 0.25) is 0 Å². The summed E-state index contributed by atoms with van der Waals surface area (Å²) in [6, 6.07) is 3.17. The number of alkyl halides is 3. The quantitative estimate of drug-likeness (QED) is 0.502. The zero-order valence-corrected chi connectivity index (χ0v) is 11.3. The van der Waals surface area contributed by atoms with Gasteiger partial charge in [0.05, 0.1) is 21.7 Å². The maximum absolute atomic E-state index is 11.9. The second-order valence-corrected chi connectivity index (χ2v) is 4.90. The molecule has 1 N–H and O–H groups in total. The van der Waals surface area contributed by atoms with E-state index in [2.05, 4.69) is 15.0 Å². The molecule has 0 unspecified atom stereocenters. The highest BCUT2D eigenvalue weighted by molar-refractivity contribution is 7.16. The Morgan fingerprint density at radius 3 is 2.86 bits per heavy atom. The van der Waals surface area contributed by atoms with Gasteiger partial charge in [0.25, 0.3) is 0 Å². The molecule has 0 aliphatic rings. The number of anilines is 1. The zero-order valence-electron chi connectivity index (χ0n) is 10.5. The summed E-state index contributed by atoms with van der Waals surface area (Å²) in [6.45, 7) is -1.54. The molecule has 0 amide bonds. The summed E-state index contributed by atoms with van der Waals surface area (Å²) in [5.41, 5.74) is 1.76. The molecule has 2 aromatic rings. The summed E-state index contributed by atoms with van der Waals surface area (Å²) < 4.78 is 40.7. The standard InChI is InChI=1S/C11H10F3N3O3S/c12-11(13,14)5-20-4-3-15-7-1-2-8-9(16-6-21-8)10(7)17(18)19/h1-2,6,15H,3-5H2. The van der Waals surface area contributed by atoms with E-state index in [1.807, 2.05) is 0 Å². The average Bonchev–Trinajstić information content (AvgIpc) is 2.84. The third-order valence-corrected chi connectivity index (χ3v) is 3.28. The summed E-state index contributed by atoms with van der Waals surface area (Å²) in [5.74, 6) is 0. The highest BCUT2D eigenvalue weighted by Gasteiger charge is 2.27. The first-order valence-corrected chi connectivity index (χ1v) is 6.65. The number of nitrogens with one attached hydrogen (secondary N) is 1. The number of thiazole rings is 1. The number of aromatic nitrogens is 1. The van der Waals surface area contributed by atoms with Gasteiger partial charge in [-0.05, 0) is 12.1 Å². The van der Waals surface area contributed by atoms with Crippen molar-refractivity contribution >= 4 is 32.9 Å². The monoisotopic (exact) mass is 321 g/mol. The lowest BCUT2D eigenvalue weighted by Crippen LogP contribution is -2.20. The molecule has 1 aromatic carbocycles. The summed E-state index contributed by atoms with van der Waals surface area (Å²) in [6.07, 6.45) is -4.38. The number of nitrogens with zero attached hydrogens (tertiary/aromatic N) is 2. The van der Waals surface area contributed by atoms with E-state index >= 15 is 0 Å². The summed E-state index contributed by atoms with van der Waals surface area (Å²) in [7, 11) is 0. The van der Waals surface area contributed by atoms with Crippen LogP contribution in [0.2, 0.25) is 0 Å². The number of ether oxygens (including phenoxy) is 1. The van der Waals surface area contributed by atoms with Crippen LogP contribution in [-0.4, -0.2) is 35.8 Å². The minimum atomic E-state index is -4.38. The van der Waals surface area contributed by atoms with Crippen molar-refractivity contribution in [1.82, 2.24) is 4.98 Å². The van der Waals surface area contributed by atoms with Crippen LogP contribution in [0.25, 0.3) is 10.2 Å². The van der Waals surface area contributed by atoms with E-state index in [-0.39, 0.29) is 30.0 Å². The Hall–Kier alpha value is -1.94. The van der Waals surface area contributed by atoms with Crippen LogP contribution in [0, 0.1) is 10.1 Å². The largest absolute Gasteiger partial charge is 0.411 e. The molecule has 114 valence electrons. The number of hydrogen-bond acceptors (Lipinski definition) is 6. The van der Waals surface area contributed by atoms with Crippen LogP contribution >= 0.6 is 11.3 Å². The smallest absolute Gasteiger partial charge is 0.377 e. The predicted molar refractivity (Wildman–Crippen MR) is 71.6 cm³/mol. The molecule has 0 fully saturated rings. The van der Waals surface area contributed by atoms with Gasteiger partial charge in [-0.3, -0.25) is 10.1 Å². The number of benzene rings is 1. The summed E-state index contributed by atoms with van der Waals surface area (Å²) >= 11 is 1.27. The van der Waals surface area contributed by atoms with Gasteiger partial charge in [-0.1, -0.05) is 0 Å². The van der Waals surface area contributed by atoms with Crippen molar-refractivity contribution in [3.8, 4) is 0 Å². The Morgan fingerprint density at radius 1 is 1.43 bits per heavy atom. The predicted octanol–water partition coefficient (Wildman–Crippen LogP) is 3.20. The van der Waals surface area contributed by atoms with Crippen LogP contribution in [0.5, 0.6) is 0 Å². The van der Waals surface area contributed by atoms with Crippen molar-refractivity contribution in [2.75, 3.05) is 25.1 Å². The lowest BCUT2D eigenvalue weighted by molar-refractivity contribution is -0.382. The molecule has 0 atom stereocenters. The number of nitro groups is 1. The van der Waals surface area contributed by atoms with E-state index in [1.165, 1.54) is 22.9 Å². The highest BCUT2D eigenvalue weighted by atomic mass is 32.1. The molecule has 2 rings (SSSR count). The number of rotatable bonds is 6. The van der Waals surface area contributed by atoms with Crippen molar-refractivity contribution in [2.24, 2.45) is 0 Å². The molecule has 1 aromatic heterocycles. The summed E-state index contributed by atoms with van der Waals surface area (Å²) in [4.78, 5) is 14.5. The first kappa shape index (κ1) is 15.4. The van der Waals surface area contributed by atoms with E-state index < -0.39 is 17.7 Å². The van der Waals surface area contributed by atoms with E-state index in [9.17, 15) is 23.3 Å². The molecule has 0 aliphatic carbocycles. The highest BCUT2D eigenvalue weighted by Crippen LogP contribution is 2.34. The normalized spacial score (nSPS) is 11.8. The van der Waals surface area contributed by atoms with Crippen LogP contribution in [-0.2, 0) is 4.74 Å². The van der Waals surface area contributed by atoms with Crippen molar-refractivity contribution in [3.05, 3.63) is 27.8 Å². The molecule has 0 bridgehead atoms. The van der Waals surface area contributed by atoms with Crippen molar-refractivity contribution in [3.63, 3.8) is 0 Å². The second-order valence-electron chi connectivity index (χ2n) is 4.01. The van der Waals surface area contributed by atoms with Gasteiger partial charge in [-0.25, -0.2) is 4.98 Å². The van der Waals surface area contributed by atoms with Crippen molar-refractivity contribution in [1.29, 1.82) is 0 Å². The maximum atomic E-state index is 11.9. The van der Waals surface area contributed by atoms with Crippen LogP contribution in [0.1, 0.15) is 0 Å². The average molecular weight is 321 g/mol. The van der Waals surface area contributed by atoms with Crippen molar-refractivity contribution in [2.45, 2.75) is 6.18 Å². The lowest BCUT2D eigenvalue weighted by atomic mass is 10.2.